The topological polar surface area (TPSA) is 103 Å². The Hall–Kier alpha value is -4.16. The summed E-state index contributed by atoms with van der Waals surface area (Å²) in [6, 6.07) is 7.92. The molecule has 4 aromatic rings. The quantitative estimate of drug-likeness (QED) is 0.321. The second-order valence-corrected chi connectivity index (χ2v) is 8.43. The van der Waals surface area contributed by atoms with E-state index in [1.165, 1.54) is 37.1 Å². The summed E-state index contributed by atoms with van der Waals surface area (Å²) in [6.07, 6.45) is 0.116. The number of methoxy groups -OCH3 is 2. The van der Waals surface area contributed by atoms with Gasteiger partial charge in [-0.3, -0.25) is 9.78 Å². The first kappa shape index (κ1) is 26.9. The molecule has 2 heterocycles. The van der Waals surface area contributed by atoms with E-state index in [2.05, 4.69) is 25.9 Å². The molecule has 1 amide bonds. The van der Waals surface area contributed by atoms with Crippen molar-refractivity contribution < 1.29 is 27.4 Å². The smallest absolute Gasteiger partial charge is 0.416 e. The maximum atomic E-state index is 13.5. The fourth-order valence-electron chi connectivity index (χ4n) is 3.72. The van der Waals surface area contributed by atoms with Gasteiger partial charge >= 0.3 is 6.18 Å². The molecule has 0 fully saturated rings. The van der Waals surface area contributed by atoms with Crippen molar-refractivity contribution in [3.05, 3.63) is 76.7 Å². The van der Waals surface area contributed by atoms with Gasteiger partial charge in [0.25, 0.3) is 5.91 Å². The number of nitrogens with one attached hydrogen (secondary N) is 2. The molecule has 0 saturated carbocycles. The molecule has 0 unspecified atom stereocenters. The lowest BCUT2D eigenvalue weighted by Crippen LogP contribution is -2.17. The van der Waals surface area contributed by atoms with Gasteiger partial charge in [-0.05, 0) is 43.4 Å². The Labute approximate surface area is 220 Å². The molecule has 0 radical (unpaired) electrons. The van der Waals surface area contributed by atoms with Crippen LogP contribution in [0.2, 0.25) is 5.02 Å². The average molecular weight is 547 g/mol. The molecule has 0 aliphatic rings. The third kappa shape index (κ3) is 5.71. The third-order valence-corrected chi connectivity index (χ3v) is 5.83. The van der Waals surface area contributed by atoms with Crippen LogP contribution in [0, 0.1) is 0 Å². The van der Waals surface area contributed by atoms with Crippen molar-refractivity contribution in [2.75, 3.05) is 26.6 Å². The summed E-state index contributed by atoms with van der Waals surface area (Å²) in [5.74, 6) is -0.0207. The second kappa shape index (κ2) is 11.1. The van der Waals surface area contributed by atoms with E-state index in [-0.39, 0.29) is 34.1 Å². The van der Waals surface area contributed by atoms with Crippen LogP contribution in [0.1, 0.15) is 21.5 Å². The Morgan fingerprint density at radius 1 is 1.11 bits per heavy atom. The molecule has 0 atom stereocenters. The van der Waals surface area contributed by atoms with Crippen LogP contribution >= 0.6 is 11.6 Å². The summed E-state index contributed by atoms with van der Waals surface area (Å²) < 4.78 is 52.5. The number of rotatable bonds is 8. The molecule has 4 rings (SSSR count). The van der Waals surface area contributed by atoms with E-state index in [0.29, 0.717) is 22.7 Å². The highest BCUT2D eigenvalue weighted by Gasteiger charge is 2.33. The van der Waals surface area contributed by atoms with Gasteiger partial charge in [0.1, 0.15) is 17.2 Å². The Bertz CT molecular complexity index is 1480. The van der Waals surface area contributed by atoms with Crippen molar-refractivity contribution in [3.63, 3.8) is 0 Å². The minimum atomic E-state index is -4.62. The highest BCUT2D eigenvalue weighted by atomic mass is 35.5. The van der Waals surface area contributed by atoms with Crippen LogP contribution in [0.4, 0.5) is 18.9 Å². The van der Waals surface area contributed by atoms with E-state index >= 15 is 0 Å². The minimum Gasteiger partial charge on any atom is -0.495 e. The molecule has 9 nitrogen and oxygen atoms in total. The fourth-order valence-corrected chi connectivity index (χ4v) is 3.92. The summed E-state index contributed by atoms with van der Waals surface area (Å²) in [5.41, 5.74) is 0.780. The summed E-state index contributed by atoms with van der Waals surface area (Å²) in [7, 11) is 4.43. The number of hydrogen-bond donors (Lipinski definition) is 2. The lowest BCUT2D eigenvalue weighted by molar-refractivity contribution is -0.137. The molecule has 0 aliphatic carbocycles. The number of halogens is 4. The predicted molar refractivity (Wildman–Crippen MR) is 135 cm³/mol. The van der Waals surface area contributed by atoms with Gasteiger partial charge in [-0.2, -0.15) is 13.2 Å². The van der Waals surface area contributed by atoms with Gasteiger partial charge < -0.3 is 20.1 Å². The van der Waals surface area contributed by atoms with Crippen LogP contribution in [0.5, 0.6) is 11.5 Å². The average Bonchev–Trinajstić information content (AvgIpc) is 3.38. The number of ether oxygens (including phenoxy) is 2. The second-order valence-electron chi connectivity index (χ2n) is 8.03. The largest absolute Gasteiger partial charge is 0.495 e. The van der Waals surface area contributed by atoms with Gasteiger partial charge in [0.2, 0.25) is 0 Å². The van der Waals surface area contributed by atoms with Crippen molar-refractivity contribution in [2.24, 2.45) is 0 Å². The number of benzene rings is 2. The predicted octanol–water partition coefficient (Wildman–Crippen LogP) is 4.99. The zero-order valence-corrected chi connectivity index (χ0v) is 21.2. The first-order valence-corrected chi connectivity index (χ1v) is 11.5. The summed E-state index contributed by atoms with van der Waals surface area (Å²) >= 11 is 6.37. The molecule has 0 bridgehead atoms. The number of amides is 1. The standard InChI is InChI=1S/C25H22ClF3N6O3/c1-30-10-16-6-17(25(27,28)29)9-20(23(16)38-3)32-24(36)14-4-5-19(26)22(8-14)35-13-21(33-34-35)15-7-18(37-2)12-31-11-15/h4-9,11-13,30H,10H2,1-3H3,(H,32,36). The van der Waals surface area contributed by atoms with Crippen molar-refractivity contribution in [1.29, 1.82) is 0 Å². The molecule has 0 aliphatic heterocycles. The molecule has 13 heteroatoms. The molecule has 198 valence electrons. The van der Waals surface area contributed by atoms with Gasteiger partial charge in [0, 0.05) is 29.4 Å². The van der Waals surface area contributed by atoms with Gasteiger partial charge in [-0.1, -0.05) is 16.8 Å². The lowest BCUT2D eigenvalue weighted by atomic mass is 10.1. The minimum absolute atomic E-state index is 0.0957. The lowest BCUT2D eigenvalue weighted by Gasteiger charge is -2.18. The van der Waals surface area contributed by atoms with Gasteiger partial charge in [0.15, 0.2) is 0 Å². The number of carbonyl (C=O) groups is 1. The summed E-state index contributed by atoms with van der Waals surface area (Å²) in [5, 5.41) is 13.8. The van der Waals surface area contributed by atoms with Crippen molar-refractivity contribution >= 4 is 23.2 Å². The number of alkyl halides is 3. The monoisotopic (exact) mass is 546 g/mol. The number of pyridine rings is 1. The number of hydrogen-bond acceptors (Lipinski definition) is 7. The van der Waals surface area contributed by atoms with Crippen LogP contribution in [0.15, 0.2) is 55.0 Å². The van der Waals surface area contributed by atoms with E-state index in [9.17, 15) is 18.0 Å². The first-order chi connectivity index (χ1) is 18.1. The van der Waals surface area contributed by atoms with E-state index in [1.54, 1.807) is 31.7 Å². The van der Waals surface area contributed by atoms with Gasteiger partial charge in [0.05, 0.1) is 48.6 Å². The molecule has 0 spiro atoms. The molecule has 38 heavy (non-hydrogen) atoms. The molecule has 2 aromatic heterocycles. The van der Waals surface area contributed by atoms with E-state index in [0.717, 1.165) is 12.1 Å². The van der Waals surface area contributed by atoms with Crippen LogP contribution < -0.4 is 20.1 Å². The van der Waals surface area contributed by atoms with E-state index in [1.807, 2.05) is 0 Å². The molecular formula is C25H22ClF3N6O3. The first-order valence-electron chi connectivity index (χ1n) is 11.1. The summed E-state index contributed by atoms with van der Waals surface area (Å²) in [4.78, 5) is 17.2. The van der Waals surface area contributed by atoms with E-state index in [4.69, 9.17) is 21.1 Å². The number of carbonyl (C=O) groups excluding carboxylic acids is 1. The zero-order valence-electron chi connectivity index (χ0n) is 20.4. The normalized spacial score (nSPS) is 11.3. The SMILES string of the molecule is CNCc1cc(C(F)(F)F)cc(NC(=O)c2ccc(Cl)c(-n3cc(-c4cncc(OC)c4)nn3)c2)c1OC. The van der Waals surface area contributed by atoms with Gasteiger partial charge in [-0.25, -0.2) is 4.68 Å². The number of aromatic nitrogens is 4. The Kier molecular flexibility index (Phi) is 7.83. The van der Waals surface area contributed by atoms with Crippen molar-refractivity contribution in [3.8, 4) is 28.4 Å². The molecular weight excluding hydrogens is 525 g/mol. The Balaban J connectivity index is 1.67. The molecule has 2 N–H and O–H groups in total. The maximum absolute atomic E-state index is 13.5. The van der Waals surface area contributed by atoms with Crippen LogP contribution in [-0.2, 0) is 12.7 Å². The van der Waals surface area contributed by atoms with Crippen molar-refractivity contribution in [1.82, 2.24) is 25.3 Å². The van der Waals surface area contributed by atoms with Crippen LogP contribution in [-0.4, -0.2) is 47.2 Å². The van der Waals surface area contributed by atoms with Gasteiger partial charge in [-0.15, -0.1) is 5.10 Å². The van der Waals surface area contributed by atoms with Crippen molar-refractivity contribution in [2.45, 2.75) is 12.7 Å². The number of anilines is 1. The molecule has 0 saturated heterocycles. The highest BCUT2D eigenvalue weighted by Crippen LogP contribution is 2.38. The number of nitrogens with zero attached hydrogens (tertiary/aromatic N) is 4. The van der Waals surface area contributed by atoms with Crippen LogP contribution in [0.25, 0.3) is 16.9 Å². The fraction of sp³-hybridized carbons (Fsp3) is 0.200. The Morgan fingerprint density at radius 2 is 1.89 bits per heavy atom. The maximum Gasteiger partial charge on any atom is 0.416 e. The highest BCUT2D eigenvalue weighted by molar-refractivity contribution is 6.32. The van der Waals surface area contributed by atoms with Crippen LogP contribution in [0.3, 0.4) is 0 Å². The third-order valence-electron chi connectivity index (χ3n) is 5.51. The van der Waals surface area contributed by atoms with E-state index < -0.39 is 17.6 Å². The Morgan fingerprint density at radius 3 is 2.58 bits per heavy atom. The summed E-state index contributed by atoms with van der Waals surface area (Å²) in [6.45, 7) is 0.0957. The molecule has 2 aromatic carbocycles. The zero-order chi connectivity index (χ0) is 27.4.